The largest absolute Gasteiger partial charge is 0.508 e. The maximum absolute atomic E-state index is 11.9. The van der Waals surface area contributed by atoms with Crippen molar-refractivity contribution in [2.24, 2.45) is 29.1 Å². The number of benzene rings is 1. The van der Waals surface area contributed by atoms with Crippen LogP contribution in [0.2, 0.25) is 0 Å². The minimum atomic E-state index is -0.410. The highest BCUT2D eigenvalue weighted by atomic mass is 16.3. The second kappa shape index (κ2) is 6.24. The van der Waals surface area contributed by atoms with Gasteiger partial charge in [0.25, 0.3) is 0 Å². The molecular formula is C25H36O2. The third-order valence-corrected chi connectivity index (χ3v) is 9.50. The molecule has 1 aromatic carbocycles. The molecule has 0 amide bonds. The molecule has 0 radical (unpaired) electrons. The van der Waals surface area contributed by atoms with Crippen LogP contribution in [-0.2, 0) is 6.42 Å². The lowest BCUT2D eigenvalue weighted by atomic mass is 9.50. The fraction of sp³-hybridized carbons (Fsp3) is 0.760. The predicted octanol–water partition coefficient (Wildman–Crippen LogP) is 5.81. The van der Waals surface area contributed by atoms with Gasteiger partial charge >= 0.3 is 0 Å². The molecule has 1 aromatic rings. The molecule has 0 bridgehead atoms. The topological polar surface area (TPSA) is 40.5 Å². The van der Waals surface area contributed by atoms with Gasteiger partial charge in [-0.3, -0.25) is 0 Å². The number of phenols is 1. The van der Waals surface area contributed by atoms with Crippen molar-refractivity contribution in [2.45, 2.75) is 89.6 Å². The highest BCUT2D eigenvalue weighted by Gasteiger charge is 2.66. The third kappa shape index (κ3) is 2.41. The standard InChI is InChI=1S/C25H36O2/c1-3-6-16-13-17-14-19(26)8-9-20(17)21-10-12-24(2)22(23(16)21)15-18-7-4-5-11-25(18,24)27/h8-9,14,16,18,21-23,26-27H,3-7,10-13,15H2,1-2H3/t16-,18+,21-,22+,23-,24+,25-/m1/s1. The highest BCUT2D eigenvalue weighted by Crippen LogP contribution is 2.69. The molecule has 0 spiro atoms. The molecule has 0 heterocycles. The summed E-state index contributed by atoms with van der Waals surface area (Å²) in [5, 5.41) is 21.9. The van der Waals surface area contributed by atoms with E-state index in [0.717, 1.165) is 18.8 Å². The fourth-order valence-electron chi connectivity index (χ4n) is 8.33. The molecule has 2 nitrogen and oxygen atoms in total. The summed E-state index contributed by atoms with van der Waals surface area (Å²) in [6.07, 6.45) is 12.1. The molecule has 2 N–H and O–H groups in total. The predicted molar refractivity (Wildman–Crippen MR) is 109 cm³/mol. The molecule has 3 saturated carbocycles. The van der Waals surface area contributed by atoms with Crippen LogP contribution in [0.1, 0.15) is 88.7 Å². The SMILES string of the molecule is CCC[C@@H]1Cc2cc(O)ccc2[C@H]2CC[C@@]3(C)[C@@H](C[C@@H]4CCCC[C@@]43O)[C@H]12. The normalized spacial score (nSPS) is 45.5. The quantitative estimate of drug-likeness (QED) is 0.692. The maximum Gasteiger partial charge on any atom is 0.115 e. The Morgan fingerprint density at radius 2 is 2.00 bits per heavy atom. The van der Waals surface area contributed by atoms with Crippen molar-refractivity contribution in [1.29, 1.82) is 0 Å². The van der Waals surface area contributed by atoms with Crippen LogP contribution in [0, 0.1) is 29.1 Å². The van der Waals surface area contributed by atoms with Crippen molar-refractivity contribution in [1.82, 2.24) is 0 Å². The molecule has 7 atom stereocenters. The smallest absolute Gasteiger partial charge is 0.115 e. The molecule has 3 fully saturated rings. The van der Waals surface area contributed by atoms with Crippen molar-refractivity contribution in [3.8, 4) is 5.75 Å². The minimum absolute atomic E-state index is 0.111. The van der Waals surface area contributed by atoms with Crippen molar-refractivity contribution in [3.63, 3.8) is 0 Å². The Morgan fingerprint density at radius 1 is 1.15 bits per heavy atom. The first-order valence-electron chi connectivity index (χ1n) is 11.5. The van der Waals surface area contributed by atoms with E-state index >= 15 is 0 Å². The average Bonchev–Trinajstić information content (AvgIpc) is 2.89. The van der Waals surface area contributed by atoms with Gasteiger partial charge < -0.3 is 10.2 Å². The third-order valence-electron chi connectivity index (χ3n) is 9.50. The zero-order valence-corrected chi connectivity index (χ0v) is 17.1. The Bertz CT molecular complexity index is 727. The van der Waals surface area contributed by atoms with Gasteiger partial charge in [0.2, 0.25) is 0 Å². The molecule has 148 valence electrons. The lowest BCUT2D eigenvalue weighted by molar-refractivity contribution is -0.140. The summed E-state index contributed by atoms with van der Waals surface area (Å²) in [6, 6.07) is 6.14. The van der Waals surface area contributed by atoms with E-state index in [1.54, 1.807) is 0 Å². The van der Waals surface area contributed by atoms with Gasteiger partial charge in [0.1, 0.15) is 5.75 Å². The number of hydrogen-bond acceptors (Lipinski definition) is 2. The Labute approximate surface area is 164 Å². The van der Waals surface area contributed by atoms with E-state index in [0.29, 0.717) is 29.4 Å². The monoisotopic (exact) mass is 368 g/mol. The summed E-state index contributed by atoms with van der Waals surface area (Å²) >= 11 is 0. The van der Waals surface area contributed by atoms with E-state index in [9.17, 15) is 10.2 Å². The molecule has 0 unspecified atom stereocenters. The van der Waals surface area contributed by atoms with Gasteiger partial charge in [-0.05, 0) is 96.8 Å². The number of aliphatic hydroxyl groups is 1. The zero-order chi connectivity index (χ0) is 18.8. The van der Waals surface area contributed by atoms with Crippen LogP contribution in [0.4, 0.5) is 0 Å². The van der Waals surface area contributed by atoms with Gasteiger partial charge in [0.05, 0.1) is 5.60 Å². The summed E-state index contributed by atoms with van der Waals surface area (Å²) in [6.45, 7) is 4.77. The molecule has 4 aliphatic rings. The Balaban J connectivity index is 1.57. The minimum Gasteiger partial charge on any atom is -0.508 e. The first kappa shape index (κ1) is 18.0. The summed E-state index contributed by atoms with van der Waals surface area (Å²) in [5.74, 6) is 3.68. The summed E-state index contributed by atoms with van der Waals surface area (Å²) in [4.78, 5) is 0. The van der Waals surface area contributed by atoms with E-state index in [1.165, 1.54) is 62.5 Å². The zero-order valence-electron chi connectivity index (χ0n) is 17.1. The Hall–Kier alpha value is -1.02. The van der Waals surface area contributed by atoms with Gasteiger partial charge in [-0.15, -0.1) is 0 Å². The molecule has 4 aliphatic carbocycles. The van der Waals surface area contributed by atoms with Crippen molar-refractivity contribution < 1.29 is 10.2 Å². The first-order valence-corrected chi connectivity index (χ1v) is 11.5. The molecule has 0 aliphatic heterocycles. The molecule has 5 rings (SSSR count). The van der Waals surface area contributed by atoms with E-state index in [1.807, 2.05) is 12.1 Å². The summed E-state index contributed by atoms with van der Waals surface area (Å²) in [7, 11) is 0. The van der Waals surface area contributed by atoms with Gasteiger partial charge in [0, 0.05) is 0 Å². The second-order valence-corrected chi connectivity index (χ2v) is 10.5. The lowest BCUT2D eigenvalue weighted by Gasteiger charge is -2.56. The van der Waals surface area contributed by atoms with Crippen molar-refractivity contribution in [2.75, 3.05) is 0 Å². The summed E-state index contributed by atoms with van der Waals surface area (Å²) in [5.41, 5.74) is 2.61. The first-order chi connectivity index (χ1) is 13.0. The second-order valence-electron chi connectivity index (χ2n) is 10.5. The van der Waals surface area contributed by atoms with Crippen LogP contribution in [-0.4, -0.2) is 15.8 Å². The van der Waals surface area contributed by atoms with Crippen LogP contribution in [0.3, 0.4) is 0 Å². The van der Waals surface area contributed by atoms with Crippen LogP contribution >= 0.6 is 0 Å². The van der Waals surface area contributed by atoms with Gasteiger partial charge in [-0.1, -0.05) is 45.6 Å². The van der Waals surface area contributed by atoms with Crippen LogP contribution in [0.15, 0.2) is 18.2 Å². The van der Waals surface area contributed by atoms with E-state index in [2.05, 4.69) is 19.9 Å². The number of fused-ring (bicyclic) bond motifs is 7. The Morgan fingerprint density at radius 3 is 2.81 bits per heavy atom. The van der Waals surface area contributed by atoms with E-state index in [-0.39, 0.29) is 5.41 Å². The van der Waals surface area contributed by atoms with Crippen molar-refractivity contribution in [3.05, 3.63) is 29.3 Å². The summed E-state index contributed by atoms with van der Waals surface area (Å²) < 4.78 is 0. The van der Waals surface area contributed by atoms with Crippen molar-refractivity contribution >= 4 is 0 Å². The maximum atomic E-state index is 11.9. The van der Waals surface area contributed by atoms with Crippen LogP contribution in [0.25, 0.3) is 0 Å². The van der Waals surface area contributed by atoms with Crippen LogP contribution < -0.4 is 0 Å². The number of phenolic OH excluding ortho intramolecular Hbond substituents is 1. The Kier molecular flexibility index (Phi) is 4.17. The number of rotatable bonds is 2. The van der Waals surface area contributed by atoms with E-state index in [4.69, 9.17) is 0 Å². The molecule has 0 saturated heterocycles. The van der Waals surface area contributed by atoms with Gasteiger partial charge in [-0.25, -0.2) is 0 Å². The van der Waals surface area contributed by atoms with Crippen LogP contribution in [0.5, 0.6) is 5.75 Å². The lowest BCUT2D eigenvalue weighted by Crippen LogP contribution is -2.54. The van der Waals surface area contributed by atoms with E-state index < -0.39 is 5.60 Å². The average molecular weight is 369 g/mol. The van der Waals surface area contributed by atoms with Gasteiger partial charge in [0.15, 0.2) is 0 Å². The fourth-order valence-corrected chi connectivity index (χ4v) is 8.33. The molecule has 27 heavy (non-hydrogen) atoms. The number of aromatic hydroxyl groups is 1. The van der Waals surface area contributed by atoms with Gasteiger partial charge in [-0.2, -0.15) is 0 Å². The highest BCUT2D eigenvalue weighted by molar-refractivity contribution is 5.41. The molecule has 2 heteroatoms. The number of hydrogen-bond donors (Lipinski definition) is 2. The molecular weight excluding hydrogens is 332 g/mol. The molecule has 0 aromatic heterocycles.